The van der Waals surface area contributed by atoms with Crippen LogP contribution in [0.5, 0.6) is 0 Å². The van der Waals surface area contributed by atoms with Gasteiger partial charge in [-0.05, 0) is 37.1 Å². The third kappa shape index (κ3) is 3.08. The third-order valence-corrected chi connectivity index (χ3v) is 4.08. The number of urea groups is 1. The lowest BCUT2D eigenvalue weighted by molar-refractivity contribution is 0.182. The van der Waals surface area contributed by atoms with Gasteiger partial charge >= 0.3 is 6.03 Å². The van der Waals surface area contributed by atoms with Crippen molar-refractivity contribution in [2.45, 2.75) is 18.8 Å². The van der Waals surface area contributed by atoms with Crippen molar-refractivity contribution in [2.24, 2.45) is 0 Å². The van der Waals surface area contributed by atoms with Crippen LogP contribution in [0.4, 0.5) is 4.79 Å². The van der Waals surface area contributed by atoms with E-state index in [0.717, 1.165) is 42.7 Å². The number of rotatable bonds is 3. The predicted octanol–water partition coefficient (Wildman–Crippen LogP) is 2.70. The molecule has 0 bridgehead atoms. The van der Waals surface area contributed by atoms with Gasteiger partial charge in [-0.25, -0.2) is 14.8 Å². The summed E-state index contributed by atoms with van der Waals surface area (Å²) in [7, 11) is 0. The molecule has 3 heterocycles. The number of hydrogen-bond donors (Lipinski definition) is 1. The Balaban J connectivity index is 1.65. The summed E-state index contributed by atoms with van der Waals surface area (Å²) in [6, 6.07) is 8.09. The van der Waals surface area contributed by atoms with E-state index < -0.39 is 0 Å². The molecule has 2 aromatic rings. The zero-order valence-corrected chi connectivity index (χ0v) is 12.5. The summed E-state index contributed by atoms with van der Waals surface area (Å²) in [5.41, 5.74) is 1.88. The summed E-state index contributed by atoms with van der Waals surface area (Å²) in [6.45, 7) is 5.64. The van der Waals surface area contributed by atoms with Crippen LogP contribution in [0.15, 0.2) is 43.1 Å². The largest absolute Gasteiger partial charge is 0.335 e. The van der Waals surface area contributed by atoms with E-state index in [1.807, 2.05) is 17.0 Å². The molecule has 114 valence electrons. The normalized spacial score (nSPS) is 15.7. The van der Waals surface area contributed by atoms with Crippen LogP contribution >= 0.6 is 0 Å². The molecule has 0 saturated carbocycles. The molecule has 1 aliphatic heterocycles. The van der Waals surface area contributed by atoms with Gasteiger partial charge in [-0.15, -0.1) is 6.58 Å². The molecule has 1 aliphatic rings. The van der Waals surface area contributed by atoms with Crippen molar-refractivity contribution in [3.05, 3.63) is 48.8 Å². The van der Waals surface area contributed by atoms with Crippen LogP contribution in [-0.2, 0) is 0 Å². The zero-order chi connectivity index (χ0) is 15.4. The second-order valence-electron chi connectivity index (χ2n) is 5.52. The molecule has 0 spiro atoms. The zero-order valence-electron chi connectivity index (χ0n) is 12.5. The monoisotopic (exact) mass is 296 g/mol. The molecule has 0 unspecified atom stereocenters. The maximum absolute atomic E-state index is 11.9. The van der Waals surface area contributed by atoms with E-state index >= 15 is 0 Å². The Labute approximate surface area is 130 Å². The maximum atomic E-state index is 11.9. The van der Waals surface area contributed by atoms with Crippen molar-refractivity contribution < 1.29 is 4.79 Å². The Kier molecular flexibility index (Phi) is 4.32. The van der Waals surface area contributed by atoms with E-state index in [1.165, 1.54) is 0 Å². The van der Waals surface area contributed by atoms with Gasteiger partial charge in [0.2, 0.25) is 0 Å². The number of fused-ring (bicyclic) bond motifs is 1. The van der Waals surface area contributed by atoms with Crippen molar-refractivity contribution in [2.75, 3.05) is 19.6 Å². The van der Waals surface area contributed by atoms with Gasteiger partial charge in [0.1, 0.15) is 0 Å². The lowest BCUT2D eigenvalue weighted by Crippen LogP contribution is -2.44. The molecular formula is C17H20N4O. The van der Waals surface area contributed by atoms with Crippen molar-refractivity contribution in [3.8, 4) is 0 Å². The fourth-order valence-electron chi connectivity index (χ4n) is 2.84. The van der Waals surface area contributed by atoms with Crippen LogP contribution in [0.25, 0.3) is 11.0 Å². The van der Waals surface area contributed by atoms with Gasteiger partial charge in [0.15, 0.2) is 5.65 Å². The van der Waals surface area contributed by atoms with E-state index in [1.54, 1.807) is 12.3 Å². The summed E-state index contributed by atoms with van der Waals surface area (Å²) in [5, 5.41) is 3.89. The highest BCUT2D eigenvalue weighted by Gasteiger charge is 2.24. The number of hydrogen-bond acceptors (Lipinski definition) is 3. The molecule has 0 atom stereocenters. The summed E-state index contributed by atoms with van der Waals surface area (Å²) in [4.78, 5) is 22.8. The van der Waals surface area contributed by atoms with Crippen LogP contribution < -0.4 is 5.32 Å². The summed E-state index contributed by atoms with van der Waals surface area (Å²) in [6.07, 6.45) is 5.34. The topological polar surface area (TPSA) is 58.1 Å². The summed E-state index contributed by atoms with van der Waals surface area (Å²) >= 11 is 0. The highest BCUT2D eigenvalue weighted by atomic mass is 16.2. The van der Waals surface area contributed by atoms with Crippen LogP contribution in [0.2, 0.25) is 0 Å². The Hall–Kier alpha value is -2.43. The number of carbonyl (C=O) groups is 1. The quantitative estimate of drug-likeness (QED) is 0.886. The Morgan fingerprint density at radius 1 is 1.36 bits per heavy atom. The van der Waals surface area contributed by atoms with Crippen molar-refractivity contribution in [1.82, 2.24) is 20.2 Å². The Morgan fingerprint density at radius 2 is 2.18 bits per heavy atom. The van der Waals surface area contributed by atoms with Gasteiger partial charge in [0, 0.05) is 42.8 Å². The molecule has 0 radical (unpaired) electrons. The average Bonchev–Trinajstić information content (AvgIpc) is 2.59. The molecule has 1 fully saturated rings. The van der Waals surface area contributed by atoms with E-state index in [-0.39, 0.29) is 6.03 Å². The molecule has 2 aromatic heterocycles. The van der Waals surface area contributed by atoms with Gasteiger partial charge < -0.3 is 10.2 Å². The van der Waals surface area contributed by atoms with E-state index in [9.17, 15) is 4.79 Å². The van der Waals surface area contributed by atoms with E-state index in [0.29, 0.717) is 12.5 Å². The van der Waals surface area contributed by atoms with Gasteiger partial charge in [-0.1, -0.05) is 6.08 Å². The highest BCUT2D eigenvalue weighted by Crippen LogP contribution is 2.27. The van der Waals surface area contributed by atoms with Crippen molar-refractivity contribution >= 4 is 17.1 Å². The third-order valence-electron chi connectivity index (χ3n) is 4.08. The minimum atomic E-state index is -0.00788. The SMILES string of the molecule is C=CCNC(=O)N1CCC(c2ccc3cccnc3n2)CC1. The standard InChI is InChI=1S/C17H20N4O/c1-2-9-19-17(22)21-11-7-13(8-12-21)15-6-5-14-4-3-10-18-16(14)20-15/h2-6,10,13H,1,7-9,11-12H2,(H,19,22). The number of carbonyl (C=O) groups excluding carboxylic acids is 1. The molecule has 2 amide bonds. The fourth-order valence-corrected chi connectivity index (χ4v) is 2.84. The first-order chi connectivity index (χ1) is 10.8. The molecule has 0 aliphatic carbocycles. The molecule has 0 aromatic carbocycles. The maximum Gasteiger partial charge on any atom is 0.317 e. The Morgan fingerprint density at radius 3 is 2.95 bits per heavy atom. The first kappa shape index (κ1) is 14.5. The second-order valence-corrected chi connectivity index (χ2v) is 5.52. The number of piperidine rings is 1. The lowest BCUT2D eigenvalue weighted by atomic mass is 9.93. The van der Waals surface area contributed by atoms with Gasteiger partial charge in [0.25, 0.3) is 0 Å². The number of nitrogens with zero attached hydrogens (tertiary/aromatic N) is 3. The van der Waals surface area contributed by atoms with Gasteiger partial charge in [-0.2, -0.15) is 0 Å². The fraction of sp³-hybridized carbons (Fsp3) is 0.353. The van der Waals surface area contributed by atoms with Crippen LogP contribution in [0, 0.1) is 0 Å². The molecule has 5 heteroatoms. The van der Waals surface area contributed by atoms with Crippen molar-refractivity contribution in [3.63, 3.8) is 0 Å². The molecule has 1 N–H and O–H groups in total. The lowest BCUT2D eigenvalue weighted by Gasteiger charge is -2.31. The van der Waals surface area contributed by atoms with Gasteiger partial charge in [-0.3, -0.25) is 0 Å². The van der Waals surface area contributed by atoms with Crippen LogP contribution in [-0.4, -0.2) is 40.5 Å². The summed E-state index contributed by atoms with van der Waals surface area (Å²) in [5.74, 6) is 0.398. The van der Waals surface area contributed by atoms with Crippen LogP contribution in [0.3, 0.4) is 0 Å². The molecule has 22 heavy (non-hydrogen) atoms. The molecular weight excluding hydrogens is 276 g/mol. The Bertz CT molecular complexity index is 677. The highest BCUT2D eigenvalue weighted by molar-refractivity contribution is 5.75. The average molecular weight is 296 g/mol. The number of pyridine rings is 2. The van der Waals surface area contributed by atoms with E-state index in [2.05, 4.69) is 34.0 Å². The molecule has 1 saturated heterocycles. The van der Waals surface area contributed by atoms with Crippen LogP contribution in [0.1, 0.15) is 24.5 Å². The first-order valence-electron chi connectivity index (χ1n) is 7.63. The predicted molar refractivity (Wildman–Crippen MR) is 86.7 cm³/mol. The van der Waals surface area contributed by atoms with Crippen molar-refractivity contribution in [1.29, 1.82) is 0 Å². The number of aromatic nitrogens is 2. The minimum absolute atomic E-state index is 0.00788. The van der Waals surface area contributed by atoms with E-state index in [4.69, 9.17) is 0 Å². The number of likely N-dealkylation sites (tertiary alicyclic amines) is 1. The van der Waals surface area contributed by atoms with Gasteiger partial charge in [0.05, 0.1) is 0 Å². The minimum Gasteiger partial charge on any atom is -0.335 e. The number of amides is 2. The summed E-state index contributed by atoms with van der Waals surface area (Å²) < 4.78 is 0. The molecule has 5 nitrogen and oxygen atoms in total. The smallest absolute Gasteiger partial charge is 0.317 e. The molecule has 3 rings (SSSR count). The number of nitrogens with one attached hydrogen (secondary N) is 1. The first-order valence-corrected chi connectivity index (χ1v) is 7.63. The second kappa shape index (κ2) is 6.56.